The molecule has 1 rings (SSSR count). The second kappa shape index (κ2) is 6.73. The summed E-state index contributed by atoms with van der Waals surface area (Å²) in [6.45, 7) is 2.11. The molecule has 1 fully saturated rings. The summed E-state index contributed by atoms with van der Waals surface area (Å²) in [6, 6.07) is 0.414. The summed E-state index contributed by atoms with van der Waals surface area (Å²) < 4.78 is 0. The minimum atomic E-state index is 0. The number of halogens is 1. The van der Waals surface area contributed by atoms with E-state index in [1.807, 2.05) is 0 Å². The van der Waals surface area contributed by atoms with Crippen LogP contribution in [-0.4, -0.2) is 6.04 Å². The molecule has 0 saturated heterocycles. The van der Waals surface area contributed by atoms with Gasteiger partial charge in [-0.3, -0.25) is 0 Å². The van der Waals surface area contributed by atoms with Gasteiger partial charge in [0.1, 0.15) is 0 Å². The van der Waals surface area contributed by atoms with E-state index in [0.29, 0.717) is 6.04 Å². The SMILES string of the molecule is CC(N)CCC1CCCCC1.Cl. The summed E-state index contributed by atoms with van der Waals surface area (Å²) >= 11 is 0. The maximum absolute atomic E-state index is 5.71. The predicted molar refractivity (Wildman–Crippen MR) is 56.7 cm³/mol. The molecule has 0 heterocycles. The summed E-state index contributed by atoms with van der Waals surface area (Å²) in [4.78, 5) is 0. The zero-order valence-corrected chi connectivity index (χ0v) is 8.91. The van der Waals surface area contributed by atoms with Crippen molar-refractivity contribution in [1.82, 2.24) is 0 Å². The van der Waals surface area contributed by atoms with Gasteiger partial charge in [-0.2, -0.15) is 0 Å². The van der Waals surface area contributed by atoms with Crippen molar-refractivity contribution < 1.29 is 0 Å². The van der Waals surface area contributed by atoms with Crippen LogP contribution in [0.25, 0.3) is 0 Å². The van der Waals surface area contributed by atoms with Gasteiger partial charge in [-0.1, -0.05) is 32.1 Å². The highest BCUT2D eigenvalue weighted by molar-refractivity contribution is 5.85. The van der Waals surface area contributed by atoms with Crippen molar-refractivity contribution in [3.63, 3.8) is 0 Å². The molecule has 12 heavy (non-hydrogen) atoms. The fourth-order valence-electron chi connectivity index (χ4n) is 1.97. The average Bonchev–Trinajstić information content (AvgIpc) is 2.03. The van der Waals surface area contributed by atoms with Crippen LogP contribution in [0.4, 0.5) is 0 Å². The van der Waals surface area contributed by atoms with Crippen molar-refractivity contribution in [2.45, 2.75) is 57.9 Å². The third kappa shape index (κ3) is 5.00. The number of rotatable bonds is 3. The molecule has 1 unspecified atom stereocenters. The van der Waals surface area contributed by atoms with E-state index in [9.17, 15) is 0 Å². The van der Waals surface area contributed by atoms with Gasteiger partial charge < -0.3 is 5.73 Å². The van der Waals surface area contributed by atoms with Gasteiger partial charge in [-0.05, 0) is 25.7 Å². The van der Waals surface area contributed by atoms with Crippen LogP contribution >= 0.6 is 12.4 Å². The normalized spacial score (nSPS) is 21.5. The van der Waals surface area contributed by atoms with Crippen molar-refractivity contribution in [2.75, 3.05) is 0 Å². The first kappa shape index (κ1) is 12.2. The highest BCUT2D eigenvalue weighted by Crippen LogP contribution is 2.27. The first-order chi connectivity index (χ1) is 5.29. The van der Waals surface area contributed by atoms with Crippen molar-refractivity contribution in [1.29, 1.82) is 0 Å². The summed E-state index contributed by atoms with van der Waals surface area (Å²) in [5.41, 5.74) is 5.71. The fourth-order valence-corrected chi connectivity index (χ4v) is 1.97. The number of hydrogen-bond donors (Lipinski definition) is 1. The Morgan fingerprint density at radius 1 is 1.25 bits per heavy atom. The largest absolute Gasteiger partial charge is 0.328 e. The Labute approximate surface area is 82.5 Å². The molecule has 0 bridgehead atoms. The zero-order chi connectivity index (χ0) is 8.10. The third-order valence-electron chi connectivity index (χ3n) is 2.76. The maximum Gasteiger partial charge on any atom is 0.00105 e. The third-order valence-corrected chi connectivity index (χ3v) is 2.76. The molecule has 74 valence electrons. The average molecular weight is 192 g/mol. The minimum Gasteiger partial charge on any atom is -0.328 e. The van der Waals surface area contributed by atoms with Crippen molar-refractivity contribution in [2.24, 2.45) is 11.7 Å². The van der Waals surface area contributed by atoms with Gasteiger partial charge in [0, 0.05) is 6.04 Å². The second-order valence-corrected chi connectivity index (χ2v) is 4.06. The lowest BCUT2D eigenvalue weighted by molar-refractivity contribution is 0.325. The Bertz CT molecular complexity index is 98.0. The summed E-state index contributed by atoms with van der Waals surface area (Å²) in [5.74, 6) is 1.01. The van der Waals surface area contributed by atoms with E-state index in [4.69, 9.17) is 5.73 Å². The van der Waals surface area contributed by atoms with Crippen LogP contribution in [0.3, 0.4) is 0 Å². The highest BCUT2D eigenvalue weighted by atomic mass is 35.5. The van der Waals surface area contributed by atoms with Crippen LogP contribution in [0, 0.1) is 5.92 Å². The van der Waals surface area contributed by atoms with Crippen LogP contribution in [0.2, 0.25) is 0 Å². The van der Waals surface area contributed by atoms with Gasteiger partial charge in [0.2, 0.25) is 0 Å². The molecule has 1 nitrogen and oxygen atoms in total. The lowest BCUT2D eigenvalue weighted by atomic mass is 9.85. The molecule has 1 aliphatic carbocycles. The fraction of sp³-hybridized carbons (Fsp3) is 1.00. The first-order valence-electron chi connectivity index (χ1n) is 5.04. The molecule has 0 radical (unpaired) electrons. The Balaban J connectivity index is 0.00000121. The van der Waals surface area contributed by atoms with E-state index in [-0.39, 0.29) is 12.4 Å². The lowest BCUT2D eigenvalue weighted by Gasteiger charge is -2.21. The van der Waals surface area contributed by atoms with Gasteiger partial charge in [0.05, 0.1) is 0 Å². The van der Waals surface area contributed by atoms with Crippen LogP contribution in [0.1, 0.15) is 51.9 Å². The lowest BCUT2D eigenvalue weighted by Crippen LogP contribution is -2.17. The van der Waals surface area contributed by atoms with Crippen LogP contribution in [0.5, 0.6) is 0 Å². The van der Waals surface area contributed by atoms with Gasteiger partial charge in [-0.25, -0.2) is 0 Å². The standard InChI is InChI=1S/C10H21N.ClH/c1-9(11)7-8-10-5-3-2-4-6-10;/h9-10H,2-8,11H2,1H3;1H. The van der Waals surface area contributed by atoms with Crippen LogP contribution in [0.15, 0.2) is 0 Å². The monoisotopic (exact) mass is 191 g/mol. The van der Waals surface area contributed by atoms with E-state index in [1.54, 1.807) is 0 Å². The Hall–Kier alpha value is 0.250. The molecular formula is C10H22ClN. The van der Waals surface area contributed by atoms with Crippen molar-refractivity contribution in [3.05, 3.63) is 0 Å². The Morgan fingerprint density at radius 3 is 2.33 bits per heavy atom. The summed E-state index contributed by atoms with van der Waals surface area (Å²) in [7, 11) is 0. The molecular weight excluding hydrogens is 170 g/mol. The molecule has 0 aliphatic heterocycles. The van der Waals surface area contributed by atoms with E-state index in [2.05, 4.69) is 6.92 Å². The molecule has 0 aromatic heterocycles. The molecule has 1 atom stereocenters. The van der Waals surface area contributed by atoms with Crippen LogP contribution < -0.4 is 5.73 Å². The summed E-state index contributed by atoms with van der Waals surface area (Å²) in [5, 5.41) is 0. The molecule has 0 aromatic rings. The van der Waals surface area contributed by atoms with Crippen molar-refractivity contribution in [3.8, 4) is 0 Å². The molecule has 1 saturated carbocycles. The predicted octanol–water partition coefficient (Wildman–Crippen LogP) is 3.12. The zero-order valence-electron chi connectivity index (χ0n) is 8.09. The molecule has 0 spiro atoms. The van der Waals surface area contributed by atoms with Crippen molar-refractivity contribution >= 4 is 12.4 Å². The summed E-state index contributed by atoms with van der Waals surface area (Å²) in [6.07, 6.45) is 9.92. The Kier molecular flexibility index (Phi) is 6.87. The van der Waals surface area contributed by atoms with Gasteiger partial charge in [0.15, 0.2) is 0 Å². The van der Waals surface area contributed by atoms with E-state index in [1.165, 1.54) is 44.9 Å². The second-order valence-electron chi connectivity index (χ2n) is 4.06. The molecule has 2 N–H and O–H groups in total. The molecule has 1 aliphatic rings. The minimum absolute atomic E-state index is 0. The maximum atomic E-state index is 5.71. The van der Waals surface area contributed by atoms with E-state index < -0.39 is 0 Å². The topological polar surface area (TPSA) is 26.0 Å². The van der Waals surface area contributed by atoms with Gasteiger partial charge in [-0.15, -0.1) is 12.4 Å². The molecule has 2 heteroatoms. The van der Waals surface area contributed by atoms with Gasteiger partial charge >= 0.3 is 0 Å². The molecule has 0 aromatic carbocycles. The van der Waals surface area contributed by atoms with Gasteiger partial charge in [0.25, 0.3) is 0 Å². The van der Waals surface area contributed by atoms with E-state index in [0.717, 1.165) is 5.92 Å². The molecule has 0 amide bonds. The quantitative estimate of drug-likeness (QED) is 0.729. The van der Waals surface area contributed by atoms with Crippen LogP contribution in [-0.2, 0) is 0 Å². The van der Waals surface area contributed by atoms with E-state index >= 15 is 0 Å². The highest BCUT2D eigenvalue weighted by Gasteiger charge is 2.12. The number of hydrogen-bond acceptors (Lipinski definition) is 1. The Morgan fingerprint density at radius 2 is 1.83 bits per heavy atom. The smallest absolute Gasteiger partial charge is 0.00105 e. The first-order valence-corrected chi connectivity index (χ1v) is 5.04. The number of nitrogens with two attached hydrogens (primary N) is 1.